The van der Waals surface area contributed by atoms with Crippen LogP contribution in [-0.4, -0.2) is 26.0 Å². The Morgan fingerprint density at radius 1 is 1.27 bits per heavy atom. The number of nitrogens with zero attached hydrogens (tertiary/aromatic N) is 4. The number of rotatable bonds is 3. The van der Waals surface area contributed by atoms with Crippen LogP contribution in [0.3, 0.4) is 0 Å². The quantitative estimate of drug-likeness (QED) is 0.742. The molecule has 6 heteroatoms. The van der Waals surface area contributed by atoms with Crippen LogP contribution in [-0.2, 0) is 6.42 Å². The van der Waals surface area contributed by atoms with Gasteiger partial charge in [0, 0.05) is 24.7 Å². The highest BCUT2D eigenvalue weighted by Crippen LogP contribution is 2.10. The molecular formula is C9H9ClN4O. The second kappa shape index (κ2) is 4.35. The molecule has 0 radical (unpaired) electrons. The number of alkyl halides is 1. The summed E-state index contributed by atoms with van der Waals surface area (Å²) >= 11 is 5.55. The van der Waals surface area contributed by atoms with Gasteiger partial charge >= 0.3 is 0 Å². The van der Waals surface area contributed by atoms with Gasteiger partial charge in [-0.25, -0.2) is 9.97 Å². The van der Waals surface area contributed by atoms with Gasteiger partial charge in [0.1, 0.15) is 0 Å². The molecule has 0 fully saturated rings. The smallest absolute Gasteiger partial charge is 0.240 e. The van der Waals surface area contributed by atoms with Crippen molar-refractivity contribution in [2.75, 3.05) is 5.88 Å². The molecule has 2 rings (SSSR count). The van der Waals surface area contributed by atoms with Crippen LogP contribution >= 0.6 is 11.6 Å². The van der Waals surface area contributed by atoms with Crippen LogP contribution < -0.4 is 0 Å². The third kappa shape index (κ3) is 2.30. The van der Waals surface area contributed by atoms with Crippen LogP contribution in [0.1, 0.15) is 11.5 Å². The topological polar surface area (TPSA) is 64.7 Å². The monoisotopic (exact) mass is 224 g/mol. The van der Waals surface area contributed by atoms with Crippen LogP contribution in [0, 0.1) is 6.92 Å². The zero-order chi connectivity index (χ0) is 10.7. The maximum Gasteiger partial charge on any atom is 0.240 e. The Morgan fingerprint density at radius 2 is 2.00 bits per heavy atom. The molecule has 2 aromatic heterocycles. The Hall–Kier alpha value is -1.49. The van der Waals surface area contributed by atoms with E-state index in [2.05, 4.69) is 20.1 Å². The van der Waals surface area contributed by atoms with Crippen LogP contribution in [0.25, 0.3) is 11.6 Å². The first-order valence-corrected chi connectivity index (χ1v) is 5.00. The summed E-state index contributed by atoms with van der Waals surface area (Å²) in [4.78, 5) is 12.3. The maximum absolute atomic E-state index is 5.55. The highest BCUT2D eigenvalue weighted by atomic mass is 35.5. The van der Waals surface area contributed by atoms with Gasteiger partial charge in [0.05, 0.1) is 0 Å². The molecule has 0 unspecified atom stereocenters. The lowest BCUT2D eigenvalue weighted by Crippen LogP contribution is -1.91. The maximum atomic E-state index is 5.55. The minimum Gasteiger partial charge on any atom is -0.339 e. The second-order valence-corrected chi connectivity index (χ2v) is 3.41. The van der Waals surface area contributed by atoms with E-state index in [1.807, 2.05) is 6.92 Å². The van der Waals surface area contributed by atoms with Crippen molar-refractivity contribution in [1.29, 1.82) is 0 Å². The van der Waals surface area contributed by atoms with Crippen molar-refractivity contribution in [3.05, 3.63) is 23.8 Å². The number of hydrogen-bond donors (Lipinski definition) is 0. The molecule has 0 bridgehead atoms. The molecular weight excluding hydrogens is 216 g/mol. The molecule has 0 aromatic carbocycles. The zero-order valence-corrected chi connectivity index (χ0v) is 8.90. The molecule has 2 aromatic rings. The summed E-state index contributed by atoms with van der Waals surface area (Å²) in [6.07, 6.45) is 3.97. The van der Waals surface area contributed by atoms with Crippen molar-refractivity contribution in [2.45, 2.75) is 13.3 Å². The number of aryl methyl sites for hydroxylation is 2. The molecule has 0 saturated heterocycles. The fourth-order valence-electron chi connectivity index (χ4n) is 1.04. The van der Waals surface area contributed by atoms with Gasteiger partial charge in [0.25, 0.3) is 0 Å². The molecule has 0 aliphatic heterocycles. The van der Waals surface area contributed by atoms with E-state index in [0.29, 0.717) is 29.8 Å². The van der Waals surface area contributed by atoms with E-state index in [4.69, 9.17) is 16.1 Å². The normalized spacial score (nSPS) is 10.5. The standard InChI is InChI=1S/C9H9ClN4O/c1-6-4-11-8(12-5-6)9-13-7(2-3-10)15-14-9/h4-5H,2-3H2,1H3. The van der Waals surface area contributed by atoms with E-state index < -0.39 is 0 Å². The van der Waals surface area contributed by atoms with Gasteiger partial charge < -0.3 is 4.52 Å². The highest BCUT2D eigenvalue weighted by Gasteiger charge is 2.09. The Kier molecular flexibility index (Phi) is 2.91. The second-order valence-electron chi connectivity index (χ2n) is 3.03. The predicted octanol–water partition coefficient (Wildman–Crippen LogP) is 1.62. The molecule has 0 spiro atoms. The first kappa shape index (κ1) is 10.0. The van der Waals surface area contributed by atoms with E-state index in [1.54, 1.807) is 12.4 Å². The minimum atomic E-state index is 0.398. The van der Waals surface area contributed by atoms with E-state index >= 15 is 0 Å². The largest absolute Gasteiger partial charge is 0.339 e. The van der Waals surface area contributed by atoms with Gasteiger partial charge in [-0.15, -0.1) is 11.6 Å². The lowest BCUT2D eigenvalue weighted by molar-refractivity contribution is 0.383. The summed E-state index contributed by atoms with van der Waals surface area (Å²) in [7, 11) is 0. The third-order valence-electron chi connectivity index (χ3n) is 1.76. The van der Waals surface area contributed by atoms with Gasteiger partial charge in [-0.2, -0.15) is 4.98 Å². The molecule has 0 amide bonds. The molecule has 15 heavy (non-hydrogen) atoms. The van der Waals surface area contributed by atoms with Crippen LogP contribution in [0.4, 0.5) is 0 Å². The summed E-state index contributed by atoms with van der Waals surface area (Å²) in [5, 5.41) is 3.76. The predicted molar refractivity (Wildman–Crippen MR) is 54.5 cm³/mol. The summed E-state index contributed by atoms with van der Waals surface area (Å²) in [5.74, 6) is 1.82. The first-order valence-electron chi connectivity index (χ1n) is 4.47. The van der Waals surface area contributed by atoms with Crippen molar-refractivity contribution in [3.63, 3.8) is 0 Å². The van der Waals surface area contributed by atoms with E-state index in [9.17, 15) is 0 Å². The van der Waals surface area contributed by atoms with Crippen molar-refractivity contribution < 1.29 is 4.52 Å². The number of hydrogen-bond acceptors (Lipinski definition) is 5. The van der Waals surface area contributed by atoms with E-state index in [-0.39, 0.29) is 0 Å². The molecule has 2 heterocycles. The first-order chi connectivity index (χ1) is 7.29. The van der Waals surface area contributed by atoms with Crippen molar-refractivity contribution in [1.82, 2.24) is 20.1 Å². The fraction of sp³-hybridized carbons (Fsp3) is 0.333. The molecule has 0 N–H and O–H groups in total. The fourth-order valence-corrected chi connectivity index (χ4v) is 1.20. The molecule has 78 valence electrons. The molecule has 0 atom stereocenters. The van der Waals surface area contributed by atoms with Gasteiger partial charge in [0.15, 0.2) is 0 Å². The van der Waals surface area contributed by atoms with Gasteiger partial charge in [0.2, 0.25) is 17.5 Å². The average molecular weight is 225 g/mol. The third-order valence-corrected chi connectivity index (χ3v) is 1.95. The van der Waals surface area contributed by atoms with E-state index in [1.165, 1.54) is 0 Å². The minimum absolute atomic E-state index is 0.398. The summed E-state index contributed by atoms with van der Waals surface area (Å²) in [5.41, 5.74) is 0.989. The number of aromatic nitrogens is 4. The Balaban J connectivity index is 2.25. The lowest BCUT2D eigenvalue weighted by atomic mass is 10.4. The van der Waals surface area contributed by atoms with Crippen LogP contribution in [0.2, 0.25) is 0 Å². The average Bonchev–Trinajstić information content (AvgIpc) is 2.68. The van der Waals surface area contributed by atoms with Crippen LogP contribution in [0.15, 0.2) is 16.9 Å². The lowest BCUT2D eigenvalue weighted by Gasteiger charge is -1.92. The Morgan fingerprint density at radius 3 is 2.67 bits per heavy atom. The summed E-state index contributed by atoms with van der Waals surface area (Å²) in [6, 6.07) is 0. The molecule has 0 aliphatic rings. The number of halogens is 1. The summed E-state index contributed by atoms with van der Waals surface area (Å²) < 4.78 is 4.96. The van der Waals surface area contributed by atoms with Gasteiger partial charge in [-0.3, -0.25) is 0 Å². The molecule has 0 aliphatic carbocycles. The van der Waals surface area contributed by atoms with Gasteiger partial charge in [-0.05, 0) is 12.5 Å². The Bertz CT molecular complexity index is 440. The SMILES string of the molecule is Cc1cnc(-c2noc(CCCl)n2)nc1. The molecule has 5 nitrogen and oxygen atoms in total. The van der Waals surface area contributed by atoms with Crippen molar-refractivity contribution >= 4 is 11.6 Å². The van der Waals surface area contributed by atoms with Crippen molar-refractivity contribution in [3.8, 4) is 11.6 Å². The highest BCUT2D eigenvalue weighted by molar-refractivity contribution is 6.17. The van der Waals surface area contributed by atoms with Crippen molar-refractivity contribution in [2.24, 2.45) is 0 Å². The van der Waals surface area contributed by atoms with E-state index in [0.717, 1.165) is 5.56 Å². The summed E-state index contributed by atoms with van der Waals surface area (Å²) in [6.45, 7) is 1.92. The van der Waals surface area contributed by atoms with Crippen LogP contribution in [0.5, 0.6) is 0 Å². The molecule has 0 saturated carbocycles. The zero-order valence-electron chi connectivity index (χ0n) is 8.14. The Labute approximate surface area is 91.5 Å². The van der Waals surface area contributed by atoms with Gasteiger partial charge in [-0.1, -0.05) is 5.16 Å².